The first-order valence-corrected chi connectivity index (χ1v) is 4.39. The summed E-state index contributed by atoms with van der Waals surface area (Å²) in [5.74, 6) is 0. The summed E-state index contributed by atoms with van der Waals surface area (Å²) in [5, 5.41) is 7.34. The van der Waals surface area contributed by atoms with Crippen LogP contribution in [0.3, 0.4) is 0 Å². The molecule has 0 aromatic heterocycles. The van der Waals surface area contributed by atoms with Crippen LogP contribution in [-0.2, 0) is 0 Å². The van der Waals surface area contributed by atoms with E-state index in [0.717, 1.165) is 25.2 Å². The van der Waals surface area contributed by atoms with E-state index in [4.69, 9.17) is 5.41 Å². The van der Waals surface area contributed by atoms with Crippen molar-refractivity contribution in [2.75, 3.05) is 13.1 Å². The van der Waals surface area contributed by atoms with Crippen LogP contribution >= 0.6 is 0 Å². The van der Waals surface area contributed by atoms with E-state index in [1.54, 1.807) is 0 Å². The molecule has 1 N–H and O–H groups in total. The van der Waals surface area contributed by atoms with Crippen LogP contribution in [0.4, 0.5) is 0 Å². The zero-order valence-electron chi connectivity index (χ0n) is 8.15. The Morgan fingerprint density at radius 3 is 2.09 bits per heavy atom. The molecule has 0 radical (unpaired) electrons. The molecule has 0 rings (SSSR count). The van der Waals surface area contributed by atoms with E-state index < -0.39 is 0 Å². The van der Waals surface area contributed by atoms with Crippen molar-refractivity contribution >= 4 is 5.71 Å². The van der Waals surface area contributed by atoms with Crippen LogP contribution in [0.15, 0.2) is 0 Å². The minimum absolute atomic E-state index is 0.530. The Bertz CT molecular complexity index is 117. The van der Waals surface area contributed by atoms with E-state index in [1.807, 2.05) is 6.92 Å². The fourth-order valence-corrected chi connectivity index (χ4v) is 1.42. The molecular weight excluding hydrogens is 136 g/mol. The third-order valence-electron chi connectivity index (χ3n) is 2.04. The SMILES string of the molecule is CCN(CC)C(C)CC(C)=N. The summed E-state index contributed by atoms with van der Waals surface area (Å²) >= 11 is 0. The molecular formula is C9H20N2. The maximum absolute atomic E-state index is 7.34. The Labute approximate surface area is 70.1 Å². The van der Waals surface area contributed by atoms with E-state index in [2.05, 4.69) is 25.7 Å². The Balaban J connectivity index is 3.78. The molecule has 66 valence electrons. The molecule has 1 unspecified atom stereocenters. The van der Waals surface area contributed by atoms with Gasteiger partial charge in [-0.2, -0.15) is 0 Å². The van der Waals surface area contributed by atoms with Crippen molar-refractivity contribution < 1.29 is 0 Å². The summed E-state index contributed by atoms with van der Waals surface area (Å²) in [6, 6.07) is 0.530. The monoisotopic (exact) mass is 156 g/mol. The van der Waals surface area contributed by atoms with Crippen LogP contribution in [0.25, 0.3) is 0 Å². The first-order chi connectivity index (χ1) is 5.11. The third-order valence-corrected chi connectivity index (χ3v) is 2.04. The van der Waals surface area contributed by atoms with Crippen LogP contribution in [0.5, 0.6) is 0 Å². The average molecular weight is 156 g/mol. The maximum atomic E-state index is 7.34. The first kappa shape index (κ1) is 10.6. The van der Waals surface area contributed by atoms with Gasteiger partial charge in [0, 0.05) is 18.2 Å². The van der Waals surface area contributed by atoms with E-state index in [9.17, 15) is 0 Å². The van der Waals surface area contributed by atoms with Crippen molar-refractivity contribution in [1.29, 1.82) is 5.41 Å². The normalized spacial score (nSPS) is 13.5. The van der Waals surface area contributed by atoms with Crippen molar-refractivity contribution in [3.8, 4) is 0 Å². The molecule has 1 atom stereocenters. The van der Waals surface area contributed by atoms with Crippen LogP contribution in [0.2, 0.25) is 0 Å². The lowest BCUT2D eigenvalue weighted by Crippen LogP contribution is -2.33. The first-order valence-electron chi connectivity index (χ1n) is 4.39. The lowest BCUT2D eigenvalue weighted by atomic mass is 10.1. The number of rotatable bonds is 5. The Kier molecular flexibility index (Phi) is 5.12. The van der Waals surface area contributed by atoms with Crippen molar-refractivity contribution in [1.82, 2.24) is 4.90 Å². The average Bonchev–Trinajstić information content (AvgIpc) is 1.88. The summed E-state index contributed by atoms with van der Waals surface area (Å²) in [7, 11) is 0. The number of hydrogen-bond donors (Lipinski definition) is 1. The molecule has 2 heteroatoms. The quantitative estimate of drug-likeness (QED) is 0.607. The minimum atomic E-state index is 0.530. The Morgan fingerprint density at radius 1 is 1.36 bits per heavy atom. The summed E-state index contributed by atoms with van der Waals surface area (Å²) in [6.45, 7) is 10.6. The number of hydrogen-bond acceptors (Lipinski definition) is 2. The van der Waals surface area contributed by atoms with Crippen LogP contribution in [0, 0.1) is 5.41 Å². The third kappa shape index (κ3) is 4.14. The smallest absolute Gasteiger partial charge is 0.0119 e. The largest absolute Gasteiger partial charge is 0.310 e. The summed E-state index contributed by atoms with van der Waals surface area (Å²) in [4.78, 5) is 2.37. The molecule has 0 fully saturated rings. The van der Waals surface area contributed by atoms with E-state index >= 15 is 0 Å². The van der Waals surface area contributed by atoms with Crippen LogP contribution < -0.4 is 0 Å². The predicted molar refractivity (Wildman–Crippen MR) is 50.4 cm³/mol. The second-order valence-electron chi connectivity index (χ2n) is 3.05. The van der Waals surface area contributed by atoms with E-state index in [0.29, 0.717) is 6.04 Å². The molecule has 0 aliphatic heterocycles. The fourth-order valence-electron chi connectivity index (χ4n) is 1.42. The standard InChI is InChI=1S/C9H20N2/c1-5-11(6-2)9(4)7-8(3)10/h9-10H,5-7H2,1-4H3. The van der Waals surface area contributed by atoms with Crippen molar-refractivity contribution in [2.45, 2.75) is 40.2 Å². The summed E-state index contributed by atoms with van der Waals surface area (Å²) in [5.41, 5.74) is 0.782. The molecule has 0 saturated heterocycles. The molecule has 0 aliphatic rings. The van der Waals surface area contributed by atoms with Gasteiger partial charge in [0.1, 0.15) is 0 Å². The van der Waals surface area contributed by atoms with Gasteiger partial charge < -0.3 is 10.3 Å². The molecule has 0 aromatic rings. The van der Waals surface area contributed by atoms with Crippen molar-refractivity contribution in [2.24, 2.45) is 0 Å². The van der Waals surface area contributed by atoms with Gasteiger partial charge in [-0.3, -0.25) is 0 Å². The highest BCUT2D eigenvalue weighted by atomic mass is 15.1. The van der Waals surface area contributed by atoms with Gasteiger partial charge in [-0.15, -0.1) is 0 Å². The van der Waals surface area contributed by atoms with E-state index in [1.165, 1.54) is 0 Å². The van der Waals surface area contributed by atoms with Gasteiger partial charge in [0.05, 0.1) is 0 Å². The van der Waals surface area contributed by atoms with Crippen molar-refractivity contribution in [3.05, 3.63) is 0 Å². The molecule has 0 aliphatic carbocycles. The second-order valence-corrected chi connectivity index (χ2v) is 3.05. The summed E-state index contributed by atoms with van der Waals surface area (Å²) < 4.78 is 0. The predicted octanol–water partition coefficient (Wildman–Crippen LogP) is 2.15. The molecule has 0 amide bonds. The van der Waals surface area contributed by atoms with Gasteiger partial charge >= 0.3 is 0 Å². The molecule has 0 spiro atoms. The zero-order chi connectivity index (χ0) is 8.85. The molecule has 11 heavy (non-hydrogen) atoms. The zero-order valence-corrected chi connectivity index (χ0v) is 8.15. The number of nitrogens with one attached hydrogen (secondary N) is 1. The Morgan fingerprint density at radius 2 is 1.82 bits per heavy atom. The van der Waals surface area contributed by atoms with Gasteiger partial charge in [-0.1, -0.05) is 13.8 Å². The molecule has 0 heterocycles. The van der Waals surface area contributed by atoms with Gasteiger partial charge in [-0.25, -0.2) is 0 Å². The highest BCUT2D eigenvalue weighted by Crippen LogP contribution is 2.03. The lowest BCUT2D eigenvalue weighted by molar-refractivity contribution is 0.236. The molecule has 0 aromatic carbocycles. The molecule has 0 bridgehead atoms. The van der Waals surface area contributed by atoms with E-state index in [-0.39, 0.29) is 0 Å². The van der Waals surface area contributed by atoms with Gasteiger partial charge in [-0.05, 0) is 26.9 Å². The molecule has 2 nitrogen and oxygen atoms in total. The summed E-state index contributed by atoms with van der Waals surface area (Å²) in [6.07, 6.45) is 0.904. The second kappa shape index (κ2) is 5.30. The van der Waals surface area contributed by atoms with Crippen LogP contribution in [-0.4, -0.2) is 29.7 Å². The highest BCUT2D eigenvalue weighted by Gasteiger charge is 2.09. The topological polar surface area (TPSA) is 27.1 Å². The number of nitrogens with zero attached hydrogens (tertiary/aromatic N) is 1. The highest BCUT2D eigenvalue weighted by molar-refractivity contribution is 5.79. The van der Waals surface area contributed by atoms with Gasteiger partial charge in [0.15, 0.2) is 0 Å². The van der Waals surface area contributed by atoms with Crippen LogP contribution in [0.1, 0.15) is 34.1 Å². The molecule has 0 saturated carbocycles. The Hall–Kier alpha value is -0.370. The fraction of sp³-hybridized carbons (Fsp3) is 0.889. The maximum Gasteiger partial charge on any atom is 0.0119 e. The van der Waals surface area contributed by atoms with Gasteiger partial charge in [0.2, 0.25) is 0 Å². The van der Waals surface area contributed by atoms with Gasteiger partial charge in [0.25, 0.3) is 0 Å². The lowest BCUT2D eigenvalue weighted by Gasteiger charge is -2.25. The minimum Gasteiger partial charge on any atom is -0.310 e. The van der Waals surface area contributed by atoms with Crippen molar-refractivity contribution in [3.63, 3.8) is 0 Å².